The minimum absolute atomic E-state index is 0.167. The molecule has 2 aromatic rings. The van der Waals surface area contributed by atoms with Crippen molar-refractivity contribution in [2.75, 3.05) is 26.2 Å². The number of fused-ring (bicyclic) bond motifs is 1. The number of thiophene rings is 1. The lowest BCUT2D eigenvalue weighted by Crippen LogP contribution is -2.49. The molecule has 0 unspecified atom stereocenters. The Kier molecular flexibility index (Phi) is 4.57. The van der Waals surface area contributed by atoms with Gasteiger partial charge < -0.3 is 4.74 Å². The molecule has 3 heterocycles. The third-order valence-corrected chi connectivity index (χ3v) is 5.92. The molecule has 24 heavy (non-hydrogen) atoms. The fourth-order valence-electron chi connectivity index (χ4n) is 3.81. The van der Waals surface area contributed by atoms with Crippen molar-refractivity contribution < 1.29 is 9.13 Å². The highest BCUT2D eigenvalue weighted by molar-refractivity contribution is 7.11. The van der Waals surface area contributed by atoms with Gasteiger partial charge in [-0.15, -0.1) is 11.3 Å². The summed E-state index contributed by atoms with van der Waals surface area (Å²) in [5.41, 5.74) is 0. The molecule has 2 saturated heterocycles. The first-order valence-corrected chi connectivity index (χ1v) is 9.41. The van der Waals surface area contributed by atoms with Crippen LogP contribution in [-0.2, 0) is 6.54 Å². The fraction of sp³-hybridized carbons (Fsp3) is 0.474. The average Bonchev–Trinajstić information content (AvgIpc) is 3.12. The molecular formula is C19H23FN2OS. The SMILES string of the molecule is Cc1ccc(CN2CCN3C[C@@H](Oc4cccc(F)c4)C[C@@H]3C2)s1. The highest BCUT2D eigenvalue weighted by atomic mass is 32.1. The van der Waals surface area contributed by atoms with E-state index in [2.05, 4.69) is 28.9 Å². The van der Waals surface area contributed by atoms with Crippen LogP contribution in [0.3, 0.4) is 0 Å². The minimum Gasteiger partial charge on any atom is -0.489 e. The Bertz CT molecular complexity index is 704. The van der Waals surface area contributed by atoms with Crippen molar-refractivity contribution >= 4 is 11.3 Å². The first-order chi connectivity index (χ1) is 11.7. The van der Waals surface area contributed by atoms with Gasteiger partial charge in [-0.25, -0.2) is 4.39 Å². The molecule has 2 fully saturated rings. The molecule has 0 aliphatic carbocycles. The molecule has 0 bridgehead atoms. The van der Waals surface area contributed by atoms with E-state index in [-0.39, 0.29) is 11.9 Å². The van der Waals surface area contributed by atoms with E-state index in [0.717, 1.165) is 39.1 Å². The normalized spacial score (nSPS) is 24.9. The number of aryl methyl sites for hydroxylation is 1. The van der Waals surface area contributed by atoms with E-state index in [0.29, 0.717) is 11.8 Å². The maximum absolute atomic E-state index is 13.3. The number of nitrogens with zero attached hydrogens (tertiary/aromatic N) is 2. The zero-order valence-electron chi connectivity index (χ0n) is 14.0. The molecule has 3 nitrogen and oxygen atoms in total. The summed E-state index contributed by atoms with van der Waals surface area (Å²) in [4.78, 5) is 7.91. The largest absolute Gasteiger partial charge is 0.489 e. The number of hydrogen-bond acceptors (Lipinski definition) is 4. The number of hydrogen-bond donors (Lipinski definition) is 0. The predicted octanol–water partition coefficient (Wildman–Crippen LogP) is 3.53. The van der Waals surface area contributed by atoms with Gasteiger partial charge in [0.1, 0.15) is 17.7 Å². The van der Waals surface area contributed by atoms with Crippen molar-refractivity contribution in [2.24, 2.45) is 0 Å². The highest BCUT2D eigenvalue weighted by Gasteiger charge is 2.37. The van der Waals surface area contributed by atoms with Crippen molar-refractivity contribution in [2.45, 2.75) is 32.0 Å². The quantitative estimate of drug-likeness (QED) is 0.842. The zero-order chi connectivity index (χ0) is 16.5. The van der Waals surface area contributed by atoms with E-state index in [1.54, 1.807) is 6.07 Å². The number of rotatable bonds is 4. The van der Waals surface area contributed by atoms with E-state index in [4.69, 9.17) is 4.74 Å². The molecule has 1 aromatic heterocycles. The second-order valence-corrected chi connectivity index (χ2v) is 8.20. The number of halogens is 1. The molecule has 0 radical (unpaired) electrons. The second kappa shape index (κ2) is 6.82. The number of ether oxygens (including phenoxy) is 1. The Labute approximate surface area is 146 Å². The van der Waals surface area contributed by atoms with Crippen molar-refractivity contribution in [3.63, 3.8) is 0 Å². The van der Waals surface area contributed by atoms with Crippen LogP contribution in [0.2, 0.25) is 0 Å². The summed E-state index contributed by atoms with van der Waals surface area (Å²) >= 11 is 1.89. The van der Waals surface area contributed by atoms with Crippen LogP contribution < -0.4 is 4.74 Å². The van der Waals surface area contributed by atoms with Gasteiger partial charge in [-0.1, -0.05) is 6.07 Å². The van der Waals surface area contributed by atoms with Crippen LogP contribution in [0.1, 0.15) is 16.2 Å². The third kappa shape index (κ3) is 3.63. The van der Waals surface area contributed by atoms with Gasteiger partial charge in [-0.2, -0.15) is 0 Å². The Morgan fingerprint density at radius 3 is 2.92 bits per heavy atom. The lowest BCUT2D eigenvalue weighted by Gasteiger charge is -2.36. The Balaban J connectivity index is 1.33. The number of piperazine rings is 1. The maximum Gasteiger partial charge on any atom is 0.126 e. The molecule has 2 atom stereocenters. The third-order valence-electron chi connectivity index (χ3n) is 4.94. The second-order valence-electron chi connectivity index (χ2n) is 6.83. The van der Waals surface area contributed by atoms with Gasteiger partial charge in [0.2, 0.25) is 0 Å². The Hall–Kier alpha value is -1.43. The van der Waals surface area contributed by atoms with Gasteiger partial charge in [0, 0.05) is 61.0 Å². The standard InChI is InChI=1S/C19H23FN2OS/c1-14-5-6-19(24-14)13-21-7-8-22-12-18(10-16(22)11-21)23-17-4-2-3-15(20)9-17/h2-6,9,16,18H,7-8,10-13H2,1H3/t16-,18+/m1/s1. The predicted molar refractivity (Wildman–Crippen MR) is 95.1 cm³/mol. The zero-order valence-corrected chi connectivity index (χ0v) is 14.8. The molecule has 0 spiro atoms. The lowest BCUT2D eigenvalue weighted by atomic mass is 10.1. The van der Waals surface area contributed by atoms with E-state index < -0.39 is 0 Å². The average molecular weight is 346 g/mol. The summed E-state index contributed by atoms with van der Waals surface area (Å²) in [6.45, 7) is 7.47. The molecule has 0 saturated carbocycles. The molecular weight excluding hydrogens is 323 g/mol. The summed E-state index contributed by atoms with van der Waals surface area (Å²) in [7, 11) is 0. The molecule has 128 valence electrons. The van der Waals surface area contributed by atoms with Crippen LogP contribution in [-0.4, -0.2) is 48.1 Å². The van der Waals surface area contributed by atoms with Crippen molar-refractivity contribution in [1.29, 1.82) is 0 Å². The first-order valence-electron chi connectivity index (χ1n) is 8.59. The summed E-state index contributed by atoms with van der Waals surface area (Å²) in [5, 5.41) is 0. The molecule has 2 aliphatic heterocycles. The van der Waals surface area contributed by atoms with Crippen molar-refractivity contribution in [3.8, 4) is 5.75 Å². The lowest BCUT2D eigenvalue weighted by molar-refractivity contribution is 0.0985. The summed E-state index contributed by atoms with van der Waals surface area (Å²) in [5.74, 6) is 0.409. The van der Waals surface area contributed by atoms with Crippen LogP contribution in [0.5, 0.6) is 5.75 Å². The van der Waals surface area contributed by atoms with Crippen LogP contribution in [0.4, 0.5) is 4.39 Å². The summed E-state index contributed by atoms with van der Waals surface area (Å²) in [6.07, 6.45) is 1.19. The van der Waals surface area contributed by atoms with Crippen LogP contribution in [0, 0.1) is 12.7 Å². The van der Waals surface area contributed by atoms with Gasteiger partial charge in [0.05, 0.1) is 0 Å². The van der Waals surface area contributed by atoms with Crippen LogP contribution >= 0.6 is 11.3 Å². The molecule has 0 amide bonds. The fourth-order valence-corrected chi connectivity index (χ4v) is 4.75. The summed E-state index contributed by atoms with van der Waals surface area (Å²) in [6, 6.07) is 11.5. The van der Waals surface area contributed by atoms with E-state index in [1.807, 2.05) is 17.4 Å². The van der Waals surface area contributed by atoms with E-state index >= 15 is 0 Å². The molecule has 5 heteroatoms. The molecule has 1 aromatic carbocycles. The number of benzene rings is 1. The van der Waals surface area contributed by atoms with Crippen molar-refractivity contribution in [3.05, 3.63) is 52.0 Å². The first kappa shape index (κ1) is 16.1. The summed E-state index contributed by atoms with van der Waals surface area (Å²) < 4.78 is 19.3. The topological polar surface area (TPSA) is 15.7 Å². The van der Waals surface area contributed by atoms with E-state index in [9.17, 15) is 4.39 Å². The highest BCUT2D eigenvalue weighted by Crippen LogP contribution is 2.27. The minimum atomic E-state index is -0.236. The van der Waals surface area contributed by atoms with Gasteiger partial charge >= 0.3 is 0 Å². The monoisotopic (exact) mass is 346 g/mol. The van der Waals surface area contributed by atoms with Gasteiger partial charge in [0.25, 0.3) is 0 Å². The van der Waals surface area contributed by atoms with E-state index in [1.165, 1.54) is 21.9 Å². The van der Waals surface area contributed by atoms with Crippen molar-refractivity contribution in [1.82, 2.24) is 9.80 Å². The molecule has 2 aliphatic rings. The maximum atomic E-state index is 13.3. The van der Waals surface area contributed by atoms with Gasteiger partial charge in [-0.3, -0.25) is 9.80 Å². The van der Waals surface area contributed by atoms with Gasteiger partial charge in [-0.05, 0) is 31.2 Å². The van der Waals surface area contributed by atoms with Gasteiger partial charge in [0.15, 0.2) is 0 Å². The van der Waals surface area contributed by atoms with Crippen LogP contribution in [0.15, 0.2) is 36.4 Å². The molecule has 4 rings (SSSR count). The smallest absolute Gasteiger partial charge is 0.126 e. The Morgan fingerprint density at radius 2 is 2.12 bits per heavy atom. The molecule has 0 N–H and O–H groups in total. The van der Waals surface area contributed by atoms with Crippen LogP contribution in [0.25, 0.3) is 0 Å². The Morgan fingerprint density at radius 1 is 1.21 bits per heavy atom.